The third-order valence-electron chi connectivity index (χ3n) is 5.40. The molecule has 1 aromatic rings. The van der Waals surface area contributed by atoms with E-state index in [1.165, 1.54) is 31.2 Å². The summed E-state index contributed by atoms with van der Waals surface area (Å²) in [7, 11) is 2.23. The zero-order chi connectivity index (χ0) is 14.2. The standard InChI is InChI=1S/C18H27NO/c1-3-5-14-8-10-15(11-9-14)18(20)12-16-6-4-7-17(13-18)19(16)2/h8-11,16-17,20H,3-7,12-13H2,1-2H3. The summed E-state index contributed by atoms with van der Waals surface area (Å²) in [4.78, 5) is 2.50. The molecule has 0 aromatic heterocycles. The molecule has 20 heavy (non-hydrogen) atoms. The summed E-state index contributed by atoms with van der Waals surface area (Å²) < 4.78 is 0. The molecule has 2 aliphatic rings. The fourth-order valence-corrected chi connectivity index (χ4v) is 4.16. The Kier molecular flexibility index (Phi) is 3.87. The molecule has 2 unspecified atom stereocenters. The summed E-state index contributed by atoms with van der Waals surface area (Å²) in [5.74, 6) is 0. The predicted molar refractivity (Wildman–Crippen MR) is 82.8 cm³/mol. The van der Waals surface area contributed by atoms with Crippen LogP contribution in [0.15, 0.2) is 24.3 Å². The van der Waals surface area contributed by atoms with Gasteiger partial charge in [-0.05, 0) is 50.3 Å². The van der Waals surface area contributed by atoms with E-state index >= 15 is 0 Å². The lowest BCUT2D eigenvalue weighted by Gasteiger charge is -2.50. The molecule has 0 aliphatic carbocycles. The van der Waals surface area contributed by atoms with E-state index in [4.69, 9.17) is 0 Å². The highest BCUT2D eigenvalue weighted by atomic mass is 16.3. The highest BCUT2D eigenvalue weighted by Crippen LogP contribution is 2.43. The van der Waals surface area contributed by atoms with Crippen molar-refractivity contribution in [2.75, 3.05) is 7.05 Å². The molecule has 2 nitrogen and oxygen atoms in total. The van der Waals surface area contributed by atoms with Gasteiger partial charge in [0.15, 0.2) is 0 Å². The van der Waals surface area contributed by atoms with E-state index in [9.17, 15) is 5.11 Å². The Hall–Kier alpha value is -0.860. The van der Waals surface area contributed by atoms with Gasteiger partial charge < -0.3 is 10.0 Å². The first-order chi connectivity index (χ1) is 9.62. The molecule has 2 aliphatic heterocycles. The average Bonchev–Trinajstić information content (AvgIpc) is 2.42. The highest BCUT2D eigenvalue weighted by molar-refractivity contribution is 5.28. The number of nitrogens with zero attached hydrogens (tertiary/aromatic N) is 1. The van der Waals surface area contributed by atoms with Crippen LogP contribution in [0.4, 0.5) is 0 Å². The summed E-state index contributed by atoms with van der Waals surface area (Å²) in [6.45, 7) is 2.21. The Bertz CT molecular complexity index is 439. The number of benzene rings is 1. The molecule has 3 rings (SSSR count). The van der Waals surface area contributed by atoms with Crippen LogP contribution >= 0.6 is 0 Å². The third kappa shape index (κ3) is 2.51. The third-order valence-corrected chi connectivity index (χ3v) is 5.40. The van der Waals surface area contributed by atoms with Crippen LogP contribution in [0.2, 0.25) is 0 Å². The molecule has 0 radical (unpaired) electrons. The first kappa shape index (κ1) is 14.1. The van der Waals surface area contributed by atoms with Crippen molar-refractivity contribution in [1.29, 1.82) is 0 Å². The lowest BCUT2D eigenvalue weighted by atomic mass is 9.73. The number of hydrogen-bond acceptors (Lipinski definition) is 2. The van der Waals surface area contributed by atoms with Gasteiger partial charge in [0.2, 0.25) is 0 Å². The van der Waals surface area contributed by atoms with Crippen LogP contribution in [0.25, 0.3) is 0 Å². The second-order valence-corrected chi connectivity index (χ2v) is 6.79. The van der Waals surface area contributed by atoms with E-state index < -0.39 is 5.60 Å². The molecule has 1 aromatic carbocycles. The van der Waals surface area contributed by atoms with Gasteiger partial charge in [0.25, 0.3) is 0 Å². The average molecular weight is 273 g/mol. The van der Waals surface area contributed by atoms with Gasteiger partial charge in [-0.2, -0.15) is 0 Å². The van der Waals surface area contributed by atoms with E-state index in [0.29, 0.717) is 12.1 Å². The molecule has 2 saturated heterocycles. The minimum absolute atomic E-state index is 0.558. The lowest BCUT2D eigenvalue weighted by Crippen LogP contribution is -2.55. The van der Waals surface area contributed by atoms with Crippen LogP contribution < -0.4 is 0 Å². The SMILES string of the molecule is CCCc1ccc(C2(O)CC3CCCC(C2)N3C)cc1. The monoisotopic (exact) mass is 273 g/mol. The maximum atomic E-state index is 11.2. The predicted octanol–water partition coefficient (Wildman–Crippen LogP) is 3.47. The molecule has 0 spiro atoms. The van der Waals surface area contributed by atoms with Crippen molar-refractivity contribution in [3.63, 3.8) is 0 Å². The summed E-state index contributed by atoms with van der Waals surface area (Å²) in [6.07, 6.45) is 7.91. The van der Waals surface area contributed by atoms with E-state index in [1.54, 1.807) is 0 Å². The first-order valence-corrected chi connectivity index (χ1v) is 8.16. The summed E-state index contributed by atoms with van der Waals surface area (Å²) in [6, 6.07) is 9.83. The van der Waals surface area contributed by atoms with Crippen LogP contribution in [0, 0.1) is 0 Å². The normalized spacial score (nSPS) is 34.1. The van der Waals surface area contributed by atoms with Crippen molar-refractivity contribution in [3.8, 4) is 0 Å². The van der Waals surface area contributed by atoms with Crippen molar-refractivity contribution in [1.82, 2.24) is 4.90 Å². The zero-order valence-electron chi connectivity index (χ0n) is 12.8. The Morgan fingerprint density at radius 2 is 1.75 bits per heavy atom. The van der Waals surface area contributed by atoms with E-state index in [-0.39, 0.29) is 0 Å². The quantitative estimate of drug-likeness (QED) is 0.911. The number of aliphatic hydroxyl groups is 1. The van der Waals surface area contributed by atoms with Crippen LogP contribution in [-0.2, 0) is 12.0 Å². The Morgan fingerprint density at radius 3 is 2.30 bits per heavy atom. The van der Waals surface area contributed by atoms with Gasteiger partial charge in [-0.3, -0.25) is 0 Å². The summed E-state index contributed by atoms with van der Waals surface area (Å²) in [5, 5.41) is 11.2. The van der Waals surface area contributed by atoms with Gasteiger partial charge in [0.05, 0.1) is 5.60 Å². The molecular weight excluding hydrogens is 246 g/mol. The van der Waals surface area contributed by atoms with Gasteiger partial charge in [-0.25, -0.2) is 0 Å². The zero-order valence-corrected chi connectivity index (χ0v) is 12.8. The molecule has 1 N–H and O–H groups in total. The number of piperidine rings is 2. The summed E-state index contributed by atoms with van der Waals surface area (Å²) in [5.41, 5.74) is 1.91. The smallest absolute Gasteiger partial charge is 0.0926 e. The fourth-order valence-electron chi connectivity index (χ4n) is 4.16. The fraction of sp³-hybridized carbons (Fsp3) is 0.667. The second kappa shape index (κ2) is 5.50. The number of hydrogen-bond donors (Lipinski definition) is 1. The van der Waals surface area contributed by atoms with E-state index in [2.05, 4.69) is 43.1 Å². The molecule has 0 saturated carbocycles. The Morgan fingerprint density at radius 1 is 1.15 bits per heavy atom. The van der Waals surface area contributed by atoms with Crippen LogP contribution in [-0.4, -0.2) is 29.1 Å². The van der Waals surface area contributed by atoms with Crippen molar-refractivity contribution >= 4 is 0 Å². The molecule has 2 fully saturated rings. The van der Waals surface area contributed by atoms with Crippen molar-refractivity contribution < 1.29 is 5.11 Å². The first-order valence-electron chi connectivity index (χ1n) is 8.16. The molecular formula is C18H27NO. The number of aryl methyl sites for hydroxylation is 1. The number of fused-ring (bicyclic) bond motifs is 2. The molecule has 2 heteroatoms. The lowest BCUT2D eigenvalue weighted by molar-refractivity contribution is -0.0874. The Balaban J connectivity index is 1.81. The minimum atomic E-state index is -0.604. The number of rotatable bonds is 3. The van der Waals surface area contributed by atoms with Crippen LogP contribution in [0.3, 0.4) is 0 Å². The van der Waals surface area contributed by atoms with Crippen LogP contribution in [0.1, 0.15) is 56.6 Å². The van der Waals surface area contributed by atoms with Crippen molar-refractivity contribution in [3.05, 3.63) is 35.4 Å². The maximum Gasteiger partial charge on any atom is 0.0926 e. The minimum Gasteiger partial charge on any atom is -0.385 e. The van der Waals surface area contributed by atoms with Gasteiger partial charge in [-0.1, -0.05) is 44.0 Å². The van der Waals surface area contributed by atoms with E-state index in [0.717, 1.165) is 24.8 Å². The molecule has 110 valence electrons. The molecule has 2 atom stereocenters. The summed E-state index contributed by atoms with van der Waals surface area (Å²) >= 11 is 0. The Labute approximate surface area is 122 Å². The molecule has 2 heterocycles. The van der Waals surface area contributed by atoms with E-state index in [1.807, 2.05) is 0 Å². The van der Waals surface area contributed by atoms with Gasteiger partial charge in [0, 0.05) is 12.1 Å². The highest BCUT2D eigenvalue weighted by Gasteiger charge is 2.44. The van der Waals surface area contributed by atoms with Crippen LogP contribution in [0.5, 0.6) is 0 Å². The van der Waals surface area contributed by atoms with Gasteiger partial charge in [-0.15, -0.1) is 0 Å². The topological polar surface area (TPSA) is 23.5 Å². The second-order valence-electron chi connectivity index (χ2n) is 6.79. The molecule has 0 amide bonds. The van der Waals surface area contributed by atoms with Crippen molar-refractivity contribution in [2.24, 2.45) is 0 Å². The maximum absolute atomic E-state index is 11.2. The molecule has 2 bridgehead atoms. The van der Waals surface area contributed by atoms with Gasteiger partial charge >= 0.3 is 0 Å². The van der Waals surface area contributed by atoms with Crippen molar-refractivity contribution in [2.45, 2.75) is 69.6 Å². The van der Waals surface area contributed by atoms with Gasteiger partial charge in [0.1, 0.15) is 0 Å². The largest absolute Gasteiger partial charge is 0.385 e.